The quantitative estimate of drug-likeness (QED) is 0.235. The van der Waals surface area contributed by atoms with Gasteiger partial charge in [0.05, 0.1) is 5.56 Å². The van der Waals surface area contributed by atoms with E-state index in [2.05, 4.69) is 27.7 Å². The van der Waals surface area contributed by atoms with Gasteiger partial charge in [0.15, 0.2) is 0 Å². The molecule has 0 spiro atoms. The number of benzene rings is 1. The van der Waals surface area contributed by atoms with Crippen molar-refractivity contribution < 1.29 is 15.1 Å². The molecule has 1 atom stereocenters. The Kier molecular flexibility index (Phi) is 4.69. The topological polar surface area (TPSA) is 99.2 Å². The van der Waals surface area contributed by atoms with Gasteiger partial charge in [-0.1, -0.05) is 5.16 Å². The number of amides is 1. The van der Waals surface area contributed by atoms with Gasteiger partial charge in [-0.05, 0) is 53.6 Å². The number of carbonyl (C=O) groups excluding carboxylic acids is 1. The normalized spacial score (nSPS) is 19.9. The molecule has 1 amide bonds. The Morgan fingerprint density at radius 3 is 2.95 bits per heavy atom. The highest BCUT2D eigenvalue weighted by Gasteiger charge is 2.28. The van der Waals surface area contributed by atoms with E-state index in [0.29, 0.717) is 13.1 Å². The van der Waals surface area contributed by atoms with Crippen molar-refractivity contribution in [2.75, 3.05) is 13.1 Å². The lowest BCUT2D eigenvalue weighted by atomic mass is 9.96. The molecular weight excluding hydrogens is 373 g/mol. The number of phenols is 1. The monoisotopic (exact) mass is 389 g/mol. The first kappa shape index (κ1) is 14.9. The Balaban J connectivity index is 2.18. The average Bonchev–Trinajstić information content (AvgIpc) is 2.48. The number of hydrogen-bond acceptors (Lipinski definition) is 4. The third-order valence-corrected chi connectivity index (χ3v) is 4.10. The molecule has 2 rings (SSSR count). The van der Waals surface area contributed by atoms with Crippen LogP contribution < -0.4 is 5.73 Å². The number of aromatic hydroxyl groups is 1. The fraction of sp³-hybridized carbons (Fsp3) is 0.385. The number of likely N-dealkylation sites (tertiary alicyclic amines) is 1. The van der Waals surface area contributed by atoms with E-state index in [4.69, 9.17) is 10.9 Å². The Morgan fingerprint density at radius 2 is 2.25 bits per heavy atom. The Bertz CT molecular complexity index is 548. The van der Waals surface area contributed by atoms with Gasteiger partial charge in [0.1, 0.15) is 11.6 Å². The SMILES string of the molecule is N/C(=N/O)C1CCCN(C(=O)c2cc(I)ccc2O)C1. The summed E-state index contributed by atoms with van der Waals surface area (Å²) in [6.45, 7) is 1.01. The van der Waals surface area contributed by atoms with Crippen LogP contribution in [0, 0.1) is 9.49 Å². The molecule has 108 valence electrons. The van der Waals surface area contributed by atoms with E-state index in [1.165, 1.54) is 6.07 Å². The Hall–Kier alpha value is -1.51. The summed E-state index contributed by atoms with van der Waals surface area (Å²) in [7, 11) is 0. The van der Waals surface area contributed by atoms with Gasteiger partial charge in [0.2, 0.25) is 0 Å². The number of rotatable bonds is 2. The largest absolute Gasteiger partial charge is 0.507 e. The molecule has 1 saturated heterocycles. The van der Waals surface area contributed by atoms with Crippen molar-refractivity contribution in [2.24, 2.45) is 16.8 Å². The molecule has 4 N–H and O–H groups in total. The van der Waals surface area contributed by atoms with Crippen molar-refractivity contribution in [3.8, 4) is 5.75 Å². The molecule has 1 fully saturated rings. The van der Waals surface area contributed by atoms with Crippen molar-refractivity contribution in [1.29, 1.82) is 0 Å². The zero-order valence-corrected chi connectivity index (χ0v) is 12.9. The molecule has 0 aliphatic carbocycles. The maximum absolute atomic E-state index is 12.4. The lowest BCUT2D eigenvalue weighted by molar-refractivity contribution is 0.0698. The molecule has 6 nitrogen and oxygen atoms in total. The molecule has 1 aliphatic rings. The van der Waals surface area contributed by atoms with Crippen molar-refractivity contribution >= 4 is 34.3 Å². The van der Waals surface area contributed by atoms with E-state index >= 15 is 0 Å². The second kappa shape index (κ2) is 6.29. The van der Waals surface area contributed by atoms with Gasteiger partial charge >= 0.3 is 0 Å². The molecule has 0 saturated carbocycles. The number of nitrogens with two attached hydrogens (primary N) is 1. The van der Waals surface area contributed by atoms with Crippen LogP contribution in [-0.2, 0) is 0 Å². The minimum absolute atomic E-state index is 0.0265. The molecule has 0 aromatic heterocycles. The molecule has 1 aromatic carbocycles. The van der Waals surface area contributed by atoms with Gasteiger partial charge in [0.25, 0.3) is 5.91 Å². The van der Waals surface area contributed by atoms with Gasteiger partial charge < -0.3 is 20.9 Å². The second-order valence-corrected chi connectivity index (χ2v) is 6.02. The van der Waals surface area contributed by atoms with Crippen LogP contribution in [0.5, 0.6) is 5.75 Å². The number of piperidine rings is 1. The molecule has 1 aliphatic heterocycles. The summed E-state index contributed by atoms with van der Waals surface area (Å²) in [6, 6.07) is 4.91. The van der Waals surface area contributed by atoms with Crippen LogP contribution in [0.3, 0.4) is 0 Å². The first-order valence-corrected chi connectivity index (χ1v) is 7.36. The van der Waals surface area contributed by atoms with Crippen molar-refractivity contribution in [3.63, 3.8) is 0 Å². The maximum Gasteiger partial charge on any atom is 0.257 e. The van der Waals surface area contributed by atoms with E-state index in [0.717, 1.165) is 16.4 Å². The van der Waals surface area contributed by atoms with E-state index < -0.39 is 0 Å². The van der Waals surface area contributed by atoms with E-state index in [9.17, 15) is 9.90 Å². The molecular formula is C13H16IN3O3. The van der Waals surface area contributed by atoms with Crippen LogP contribution in [0.2, 0.25) is 0 Å². The molecule has 1 aromatic rings. The van der Waals surface area contributed by atoms with Gasteiger partial charge in [-0.25, -0.2) is 0 Å². The third kappa shape index (κ3) is 3.14. The maximum atomic E-state index is 12.4. The summed E-state index contributed by atoms with van der Waals surface area (Å²) >= 11 is 2.09. The highest BCUT2D eigenvalue weighted by molar-refractivity contribution is 14.1. The van der Waals surface area contributed by atoms with Gasteiger partial charge in [0, 0.05) is 22.6 Å². The zero-order valence-electron chi connectivity index (χ0n) is 10.8. The summed E-state index contributed by atoms with van der Waals surface area (Å²) in [6.07, 6.45) is 1.58. The first-order chi connectivity index (χ1) is 9.52. The van der Waals surface area contributed by atoms with Crippen LogP contribution in [0.1, 0.15) is 23.2 Å². The second-order valence-electron chi connectivity index (χ2n) is 4.78. The fourth-order valence-electron chi connectivity index (χ4n) is 2.33. The van der Waals surface area contributed by atoms with Crippen LogP contribution >= 0.6 is 22.6 Å². The minimum atomic E-state index is -0.226. The summed E-state index contributed by atoms with van der Waals surface area (Å²) in [5, 5.41) is 21.6. The smallest absolute Gasteiger partial charge is 0.257 e. The average molecular weight is 389 g/mol. The number of nitrogens with zero attached hydrogens (tertiary/aromatic N) is 2. The van der Waals surface area contributed by atoms with E-state index in [1.807, 2.05) is 0 Å². The summed E-state index contributed by atoms with van der Waals surface area (Å²) in [5.74, 6) is -0.241. The van der Waals surface area contributed by atoms with Crippen molar-refractivity contribution in [3.05, 3.63) is 27.3 Å². The zero-order chi connectivity index (χ0) is 14.7. The highest BCUT2D eigenvalue weighted by Crippen LogP contribution is 2.24. The molecule has 1 unspecified atom stereocenters. The van der Waals surface area contributed by atoms with Crippen LogP contribution in [0.25, 0.3) is 0 Å². The minimum Gasteiger partial charge on any atom is -0.507 e. The molecule has 7 heteroatoms. The lowest BCUT2D eigenvalue weighted by Gasteiger charge is -2.32. The van der Waals surface area contributed by atoms with Gasteiger partial charge in [-0.3, -0.25) is 4.79 Å². The predicted molar refractivity (Wildman–Crippen MR) is 82.9 cm³/mol. The van der Waals surface area contributed by atoms with Crippen molar-refractivity contribution in [1.82, 2.24) is 4.90 Å². The summed E-state index contributed by atoms with van der Waals surface area (Å²) < 4.78 is 0.883. The number of oxime groups is 1. The molecule has 1 heterocycles. The predicted octanol–water partition coefficient (Wildman–Crippen LogP) is 1.60. The Labute approximate surface area is 130 Å². The van der Waals surface area contributed by atoms with Crippen LogP contribution in [-0.4, -0.2) is 40.0 Å². The molecule has 20 heavy (non-hydrogen) atoms. The number of amidine groups is 1. The lowest BCUT2D eigenvalue weighted by Crippen LogP contribution is -2.44. The molecule has 0 radical (unpaired) electrons. The van der Waals surface area contributed by atoms with Gasteiger partial charge in [-0.15, -0.1) is 0 Å². The molecule has 0 bridgehead atoms. The number of hydrogen-bond donors (Lipinski definition) is 3. The Morgan fingerprint density at radius 1 is 1.50 bits per heavy atom. The van der Waals surface area contributed by atoms with E-state index in [1.54, 1.807) is 17.0 Å². The van der Waals surface area contributed by atoms with E-state index in [-0.39, 0.29) is 29.0 Å². The summed E-state index contributed by atoms with van der Waals surface area (Å²) in [5.41, 5.74) is 5.90. The standard InChI is InChI=1S/C13H16IN3O3/c14-9-3-4-11(18)10(6-9)13(19)17-5-1-2-8(7-17)12(15)16-20/h3-4,6,8,18,20H,1-2,5,7H2,(H2,15,16). The van der Waals surface area contributed by atoms with Crippen LogP contribution in [0.4, 0.5) is 0 Å². The fourth-order valence-corrected chi connectivity index (χ4v) is 2.83. The number of halogens is 1. The number of phenolic OH excluding ortho intramolecular Hbond substituents is 1. The summed E-state index contributed by atoms with van der Waals surface area (Å²) in [4.78, 5) is 14.1. The first-order valence-electron chi connectivity index (χ1n) is 6.28. The van der Waals surface area contributed by atoms with Crippen LogP contribution in [0.15, 0.2) is 23.4 Å². The third-order valence-electron chi connectivity index (χ3n) is 3.43. The number of carbonyl (C=O) groups is 1. The van der Waals surface area contributed by atoms with Gasteiger partial charge in [-0.2, -0.15) is 0 Å². The van der Waals surface area contributed by atoms with Crippen molar-refractivity contribution in [2.45, 2.75) is 12.8 Å². The highest BCUT2D eigenvalue weighted by atomic mass is 127.